The van der Waals surface area contributed by atoms with Gasteiger partial charge in [0.15, 0.2) is 0 Å². The third-order valence-corrected chi connectivity index (χ3v) is 3.23. The molecule has 4 heteroatoms. The molecule has 0 radical (unpaired) electrons. The summed E-state index contributed by atoms with van der Waals surface area (Å²) in [5, 5.41) is -1.17. The first-order valence-corrected chi connectivity index (χ1v) is 6.86. The number of allylic oxidation sites excluding steroid dienone is 1. The Labute approximate surface area is 132 Å². The lowest BCUT2D eigenvalue weighted by atomic mass is 10.1. The summed E-state index contributed by atoms with van der Waals surface area (Å²) in [7, 11) is 0. The fourth-order valence-electron chi connectivity index (χ4n) is 1.73. The summed E-state index contributed by atoms with van der Waals surface area (Å²) in [4.78, 5) is 0. The highest BCUT2D eigenvalue weighted by Gasteiger charge is 2.32. The topological polar surface area (TPSA) is 0 Å². The highest BCUT2D eigenvalue weighted by molar-refractivity contribution is 6.32. The zero-order valence-corrected chi connectivity index (χ0v) is 12.5. The van der Waals surface area contributed by atoms with Crippen molar-refractivity contribution in [2.24, 2.45) is 0 Å². The van der Waals surface area contributed by atoms with E-state index in [1.165, 1.54) is 0 Å². The van der Waals surface area contributed by atoms with E-state index in [4.69, 9.17) is 11.6 Å². The maximum absolute atomic E-state index is 12.5. The molecule has 0 aromatic heterocycles. The van der Waals surface area contributed by atoms with Crippen molar-refractivity contribution >= 4 is 17.7 Å². The first-order valence-electron chi connectivity index (χ1n) is 6.48. The van der Waals surface area contributed by atoms with Crippen LogP contribution in [-0.4, -0.2) is 6.18 Å². The number of hydrogen-bond acceptors (Lipinski definition) is 0. The Hall–Kier alpha value is -2.18. The Morgan fingerprint density at radius 1 is 1.00 bits per heavy atom. The maximum atomic E-state index is 12.5. The van der Waals surface area contributed by atoms with Crippen LogP contribution in [-0.2, 0) is 0 Å². The molecule has 0 N–H and O–H groups in total. The Bertz CT molecular complexity index is 744. The molecule has 0 nitrogen and oxygen atoms in total. The zero-order chi connectivity index (χ0) is 16.2. The molecule has 0 aliphatic carbocycles. The third kappa shape index (κ3) is 4.41. The maximum Gasteiger partial charge on any atom is 0.426 e. The molecule has 0 saturated heterocycles. The highest BCUT2D eigenvalue weighted by atomic mass is 35.5. The number of alkyl halides is 3. The molecular formula is C18H12ClF3. The molecule has 22 heavy (non-hydrogen) atoms. The van der Waals surface area contributed by atoms with Gasteiger partial charge >= 0.3 is 6.18 Å². The van der Waals surface area contributed by atoms with E-state index < -0.39 is 11.2 Å². The lowest BCUT2D eigenvalue weighted by Crippen LogP contribution is -2.06. The van der Waals surface area contributed by atoms with E-state index in [1.54, 1.807) is 24.3 Å². The van der Waals surface area contributed by atoms with E-state index in [-0.39, 0.29) is 0 Å². The van der Waals surface area contributed by atoms with E-state index in [1.807, 2.05) is 31.2 Å². The fraction of sp³-hybridized carbons (Fsp3) is 0.111. The van der Waals surface area contributed by atoms with Crippen molar-refractivity contribution in [3.8, 4) is 11.8 Å². The predicted molar refractivity (Wildman–Crippen MR) is 83.5 cm³/mol. The molecule has 0 aliphatic heterocycles. The van der Waals surface area contributed by atoms with Crippen molar-refractivity contribution in [3.63, 3.8) is 0 Å². The summed E-state index contributed by atoms with van der Waals surface area (Å²) in [5.74, 6) is 5.82. The second-order valence-corrected chi connectivity index (χ2v) is 5.10. The van der Waals surface area contributed by atoms with Crippen LogP contribution in [0.15, 0.2) is 53.6 Å². The molecule has 2 aromatic carbocycles. The summed E-state index contributed by atoms with van der Waals surface area (Å²) in [6.07, 6.45) is -3.67. The second kappa shape index (κ2) is 6.72. The van der Waals surface area contributed by atoms with E-state index in [2.05, 4.69) is 11.8 Å². The molecular weight excluding hydrogens is 309 g/mol. The first-order chi connectivity index (χ1) is 10.4. The average molecular weight is 321 g/mol. The van der Waals surface area contributed by atoms with Gasteiger partial charge in [-0.15, -0.1) is 0 Å². The molecule has 112 valence electrons. The van der Waals surface area contributed by atoms with Gasteiger partial charge in [-0.1, -0.05) is 59.3 Å². The molecule has 0 saturated carbocycles. The second-order valence-electron chi connectivity index (χ2n) is 4.69. The van der Waals surface area contributed by atoms with Gasteiger partial charge in [-0.2, -0.15) is 13.2 Å². The number of aryl methyl sites for hydroxylation is 1. The van der Waals surface area contributed by atoms with Crippen LogP contribution in [0.4, 0.5) is 13.2 Å². The van der Waals surface area contributed by atoms with Gasteiger partial charge in [0, 0.05) is 11.1 Å². The standard InChI is InChI=1S/C18H12ClF3/c1-13-6-8-14(9-7-13)10-11-15-4-2-3-5-16(15)12-17(19)18(20,21)22/h2-9,12H,1H3/b17-12-. The van der Waals surface area contributed by atoms with Gasteiger partial charge < -0.3 is 0 Å². The molecule has 0 unspecified atom stereocenters. The van der Waals surface area contributed by atoms with Crippen LogP contribution in [0.3, 0.4) is 0 Å². The van der Waals surface area contributed by atoms with Gasteiger partial charge in [-0.3, -0.25) is 0 Å². The molecule has 0 bridgehead atoms. The summed E-state index contributed by atoms with van der Waals surface area (Å²) < 4.78 is 37.6. The lowest BCUT2D eigenvalue weighted by Gasteiger charge is -2.05. The molecule has 0 aliphatic rings. The van der Waals surface area contributed by atoms with Crippen molar-refractivity contribution in [1.29, 1.82) is 0 Å². The Kier molecular flexibility index (Phi) is 4.95. The molecule has 2 aromatic rings. The van der Waals surface area contributed by atoms with Crippen LogP contribution >= 0.6 is 11.6 Å². The Morgan fingerprint density at radius 3 is 2.27 bits per heavy atom. The SMILES string of the molecule is Cc1ccc(C#Cc2ccccc2/C=C(\Cl)C(F)(F)F)cc1. The predicted octanol–water partition coefficient (Wildman–Crippen LogP) is 5.54. The van der Waals surface area contributed by atoms with Crippen molar-refractivity contribution in [3.05, 3.63) is 75.8 Å². The van der Waals surface area contributed by atoms with E-state index in [0.717, 1.165) is 17.2 Å². The summed E-state index contributed by atoms with van der Waals surface area (Å²) in [6, 6.07) is 14.2. The minimum atomic E-state index is -4.56. The highest BCUT2D eigenvalue weighted by Crippen LogP contribution is 2.30. The lowest BCUT2D eigenvalue weighted by molar-refractivity contribution is -0.0836. The molecule has 0 atom stereocenters. The van der Waals surface area contributed by atoms with Gasteiger partial charge in [0.05, 0.1) is 0 Å². The Morgan fingerprint density at radius 2 is 1.64 bits per heavy atom. The smallest absolute Gasteiger partial charge is 0.165 e. The number of halogens is 4. The van der Waals surface area contributed by atoms with Gasteiger partial charge in [-0.05, 0) is 36.8 Å². The molecule has 0 heterocycles. The van der Waals surface area contributed by atoms with E-state index in [0.29, 0.717) is 11.1 Å². The van der Waals surface area contributed by atoms with Crippen LogP contribution in [0.2, 0.25) is 0 Å². The summed E-state index contributed by atoms with van der Waals surface area (Å²) in [6.45, 7) is 1.97. The quantitative estimate of drug-likeness (QED) is 0.605. The average Bonchev–Trinajstić information content (AvgIpc) is 2.47. The largest absolute Gasteiger partial charge is 0.426 e. The van der Waals surface area contributed by atoms with E-state index >= 15 is 0 Å². The first kappa shape index (κ1) is 16.2. The van der Waals surface area contributed by atoms with Crippen LogP contribution in [0.1, 0.15) is 22.3 Å². The normalized spacial score (nSPS) is 11.8. The van der Waals surface area contributed by atoms with Crippen LogP contribution < -0.4 is 0 Å². The van der Waals surface area contributed by atoms with Crippen molar-refractivity contribution in [1.82, 2.24) is 0 Å². The van der Waals surface area contributed by atoms with Crippen molar-refractivity contribution in [2.45, 2.75) is 13.1 Å². The number of benzene rings is 2. The molecule has 2 rings (SSSR count). The summed E-state index contributed by atoms with van der Waals surface area (Å²) in [5.41, 5.74) is 2.74. The van der Waals surface area contributed by atoms with Crippen LogP contribution in [0.5, 0.6) is 0 Å². The van der Waals surface area contributed by atoms with Gasteiger partial charge in [-0.25, -0.2) is 0 Å². The molecule has 0 fully saturated rings. The van der Waals surface area contributed by atoms with Crippen molar-refractivity contribution in [2.75, 3.05) is 0 Å². The van der Waals surface area contributed by atoms with Crippen LogP contribution in [0, 0.1) is 18.8 Å². The van der Waals surface area contributed by atoms with Gasteiger partial charge in [0.2, 0.25) is 0 Å². The number of hydrogen-bond donors (Lipinski definition) is 0. The minimum absolute atomic E-state index is 0.337. The Balaban J connectivity index is 2.36. The number of rotatable bonds is 1. The third-order valence-electron chi connectivity index (χ3n) is 2.91. The minimum Gasteiger partial charge on any atom is -0.165 e. The fourth-order valence-corrected chi connectivity index (χ4v) is 1.85. The monoisotopic (exact) mass is 320 g/mol. The van der Waals surface area contributed by atoms with Crippen molar-refractivity contribution < 1.29 is 13.2 Å². The molecule has 0 amide bonds. The van der Waals surface area contributed by atoms with Gasteiger partial charge in [0.1, 0.15) is 5.03 Å². The molecule has 0 spiro atoms. The van der Waals surface area contributed by atoms with Gasteiger partial charge in [0.25, 0.3) is 0 Å². The zero-order valence-electron chi connectivity index (χ0n) is 11.7. The van der Waals surface area contributed by atoms with Crippen LogP contribution in [0.25, 0.3) is 6.08 Å². The summed E-state index contributed by atoms with van der Waals surface area (Å²) >= 11 is 5.29. The van der Waals surface area contributed by atoms with E-state index in [9.17, 15) is 13.2 Å².